The number of hydrogen-bond donors (Lipinski definition) is 1. The summed E-state index contributed by atoms with van der Waals surface area (Å²) in [6.07, 6.45) is 3.98. The third kappa shape index (κ3) is 5.14. The molecule has 4 heteroatoms. The summed E-state index contributed by atoms with van der Waals surface area (Å²) < 4.78 is 0. The number of nitrogens with zero attached hydrogens (tertiary/aromatic N) is 1. The maximum atomic E-state index is 12.5. The van der Waals surface area contributed by atoms with Crippen molar-refractivity contribution in [2.75, 3.05) is 6.54 Å². The van der Waals surface area contributed by atoms with Crippen molar-refractivity contribution < 1.29 is 9.59 Å². The minimum Gasteiger partial charge on any atom is -0.343 e. The lowest BCUT2D eigenvalue weighted by molar-refractivity contribution is -0.146. The number of rotatable bonds is 7. The molecule has 1 aliphatic rings. The smallest absolute Gasteiger partial charge is 0.245 e. The van der Waals surface area contributed by atoms with Crippen molar-refractivity contribution in [2.24, 2.45) is 11.8 Å². The van der Waals surface area contributed by atoms with Crippen molar-refractivity contribution in [1.82, 2.24) is 10.2 Å². The van der Waals surface area contributed by atoms with E-state index in [0.29, 0.717) is 11.8 Å². The molecule has 2 atom stereocenters. The molecule has 116 valence electrons. The average Bonchev–Trinajstić information content (AvgIpc) is 2.32. The van der Waals surface area contributed by atoms with Gasteiger partial charge in [-0.15, -0.1) is 0 Å². The number of piperazine rings is 1. The van der Waals surface area contributed by atoms with Gasteiger partial charge >= 0.3 is 0 Å². The lowest BCUT2D eigenvalue weighted by Gasteiger charge is -2.37. The van der Waals surface area contributed by atoms with E-state index < -0.39 is 0 Å². The summed E-state index contributed by atoms with van der Waals surface area (Å²) in [6, 6.07) is -0.175. The van der Waals surface area contributed by atoms with Gasteiger partial charge in [-0.2, -0.15) is 0 Å². The molecule has 0 bridgehead atoms. The Bertz CT molecular complexity index is 339. The first-order chi connectivity index (χ1) is 9.31. The van der Waals surface area contributed by atoms with E-state index in [1.165, 1.54) is 6.42 Å². The third-order valence-electron chi connectivity index (χ3n) is 3.87. The van der Waals surface area contributed by atoms with Crippen molar-refractivity contribution in [3.05, 3.63) is 0 Å². The fourth-order valence-electron chi connectivity index (χ4n) is 2.72. The molecule has 1 N–H and O–H groups in total. The Morgan fingerprint density at radius 2 is 1.75 bits per heavy atom. The molecule has 4 nitrogen and oxygen atoms in total. The Kier molecular flexibility index (Phi) is 6.50. The van der Waals surface area contributed by atoms with Gasteiger partial charge in [-0.1, -0.05) is 40.5 Å². The number of amides is 2. The molecule has 0 spiro atoms. The monoisotopic (exact) mass is 282 g/mol. The number of hydrogen-bond acceptors (Lipinski definition) is 2. The van der Waals surface area contributed by atoms with Gasteiger partial charge in [-0.3, -0.25) is 9.59 Å². The lowest BCUT2D eigenvalue weighted by atomic mass is 9.98. The van der Waals surface area contributed by atoms with Crippen LogP contribution in [0.15, 0.2) is 0 Å². The predicted octanol–water partition coefficient (Wildman–Crippen LogP) is 2.57. The van der Waals surface area contributed by atoms with Gasteiger partial charge in [-0.25, -0.2) is 0 Å². The van der Waals surface area contributed by atoms with E-state index in [2.05, 4.69) is 39.9 Å². The lowest BCUT2D eigenvalue weighted by Crippen LogP contribution is -2.60. The molecule has 0 saturated carbocycles. The minimum absolute atomic E-state index is 0.0223. The van der Waals surface area contributed by atoms with Crippen molar-refractivity contribution in [1.29, 1.82) is 0 Å². The fourth-order valence-corrected chi connectivity index (χ4v) is 2.72. The molecular weight excluding hydrogens is 252 g/mol. The maximum Gasteiger partial charge on any atom is 0.245 e. The molecule has 20 heavy (non-hydrogen) atoms. The minimum atomic E-state index is -0.330. The number of nitrogens with one attached hydrogen (secondary N) is 1. The first-order valence-electron chi connectivity index (χ1n) is 7.91. The van der Waals surface area contributed by atoms with Crippen molar-refractivity contribution in [3.8, 4) is 0 Å². The number of carbonyl (C=O) groups is 2. The summed E-state index contributed by atoms with van der Waals surface area (Å²) in [5.41, 5.74) is 0. The van der Waals surface area contributed by atoms with Gasteiger partial charge in [0.25, 0.3) is 0 Å². The largest absolute Gasteiger partial charge is 0.343 e. The number of carbonyl (C=O) groups excluding carboxylic acids is 2. The highest BCUT2D eigenvalue weighted by Gasteiger charge is 2.34. The first-order valence-corrected chi connectivity index (χ1v) is 7.91. The van der Waals surface area contributed by atoms with Gasteiger partial charge < -0.3 is 10.2 Å². The maximum absolute atomic E-state index is 12.5. The van der Waals surface area contributed by atoms with Gasteiger partial charge in [-0.05, 0) is 31.6 Å². The van der Waals surface area contributed by atoms with E-state index in [-0.39, 0.29) is 30.4 Å². The summed E-state index contributed by atoms with van der Waals surface area (Å²) in [7, 11) is 0. The summed E-state index contributed by atoms with van der Waals surface area (Å²) in [5.74, 6) is 1.16. The van der Waals surface area contributed by atoms with Crippen LogP contribution in [0, 0.1) is 11.8 Å². The van der Waals surface area contributed by atoms with Crippen molar-refractivity contribution in [2.45, 2.75) is 72.4 Å². The Labute approximate surface area is 123 Å². The zero-order chi connectivity index (χ0) is 15.3. The summed E-state index contributed by atoms with van der Waals surface area (Å²) in [6.45, 7) is 10.8. The standard InChI is InChI=1S/C16H30N2O2/c1-11(2)7-6-8-13(5)18-10-15(19)17-14(16(18)20)9-12(3)4/h11-14H,6-10H2,1-5H3,(H,17,19). The zero-order valence-electron chi connectivity index (χ0n) is 13.6. The van der Waals surface area contributed by atoms with Crippen LogP contribution in [0.2, 0.25) is 0 Å². The first kappa shape index (κ1) is 17.0. The molecule has 1 aliphatic heterocycles. The second-order valence-electron chi connectivity index (χ2n) is 6.89. The van der Waals surface area contributed by atoms with Gasteiger partial charge in [0.15, 0.2) is 0 Å². The Morgan fingerprint density at radius 1 is 1.10 bits per heavy atom. The molecule has 0 radical (unpaired) electrons. The molecule has 2 amide bonds. The summed E-state index contributed by atoms with van der Waals surface area (Å²) >= 11 is 0. The van der Waals surface area contributed by atoms with Crippen LogP contribution in [-0.2, 0) is 9.59 Å². The molecule has 0 aliphatic carbocycles. The van der Waals surface area contributed by atoms with Crippen molar-refractivity contribution >= 4 is 11.8 Å². The fraction of sp³-hybridized carbons (Fsp3) is 0.875. The van der Waals surface area contributed by atoms with E-state index >= 15 is 0 Å². The molecule has 0 aromatic carbocycles. The zero-order valence-corrected chi connectivity index (χ0v) is 13.6. The van der Waals surface area contributed by atoms with Crippen LogP contribution in [0.1, 0.15) is 60.3 Å². The highest BCUT2D eigenvalue weighted by atomic mass is 16.2. The summed E-state index contributed by atoms with van der Waals surface area (Å²) in [5, 5.41) is 2.83. The quantitative estimate of drug-likeness (QED) is 0.780. The molecule has 2 unspecified atom stereocenters. The van der Waals surface area contributed by atoms with Gasteiger partial charge in [0.05, 0.1) is 6.54 Å². The molecule has 0 aromatic heterocycles. The Balaban J connectivity index is 2.58. The van der Waals surface area contributed by atoms with E-state index in [9.17, 15) is 9.59 Å². The molecule has 1 saturated heterocycles. The van der Waals surface area contributed by atoms with Crippen LogP contribution >= 0.6 is 0 Å². The van der Waals surface area contributed by atoms with Crippen LogP contribution in [-0.4, -0.2) is 35.3 Å². The van der Waals surface area contributed by atoms with Gasteiger partial charge in [0.2, 0.25) is 11.8 Å². The van der Waals surface area contributed by atoms with Crippen LogP contribution in [0.4, 0.5) is 0 Å². The second kappa shape index (κ2) is 7.65. The highest BCUT2D eigenvalue weighted by molar-refractivity contribution is 5.95. The highest BCUT2D eigenvalue weighted by Crippen LogP contribution is 2.17. The molecule has 1 fully saturated rings. The van der Waals surface area contributed by atoms with E-state index in [1.807, 2.05) is 0 Å². The van der Waals surface area contributed by atoms with Gasteiger partial charge in [0.1, 0.15) is 6.04 Å². The van der Waals surface area contributed by atoms with Crippen LogP contribution in [0.5, 0.6) is 0 Å². The van der Waals surface area contributed by atoms with Crippen LogP contribution in [0.3, 0.4) is 0 Å². The Hall–Kier alpha value is -1.06. The van der Waals surface area contributed by atoms with Gasteiger partial charge in [0, 0.05) is 6.04 Å². The van der Waals surface area contributed by atoms with Crippen molar-refractivity contribution in [3.63, 3.8) is 0 Å². The van der Waals surface area contributed by atoms with E-state index in [4.69, 9.17) is 0 Å². The van der Waals surface area contributed by atoms with E-state index in [0.717, 1.165) is 19.3 Å². The second-order valence-corrected chi connectivity index (χ2v) is 6.89. The molecule has 0 aromatic rings. The normalized spacial score (nSPS) is 21.6. The predicted molar refractivity (Wildman–Crippen MR) is 81.2 cm³/mol. The van der Waals surface area contributed by atoms with Crippen LogP contribution in [0.25, 0.3) is 0 Å². The third-order valence-corrected chi connectivity index (χ3v) is 3.87. The van der Waals surface area contributed by atoms with E-state index in [1.54, 1.807) is 4.90 Å². The molecular formula is C16H30N2O2. The average molecular weight is 282 g/mol. The Morgan fingerprint density at radius 3 is 2.30 bits per heavy atom. The SMILES string of the molecule is CC(C)CCCC(C)N1CC(=O)NC(CC(C)C)C1=O. The topological polar surface area (TPSA) is 49.4 Å². The molecule has 1 rings (SSSR count). The summed E-state index contributed by atoms with van der Waals surface area (Å²) in [4.78, 5) is 26.0. The van der Waals surface area contributed by atoms with Crippen LogP contribution < -0.4 is 5.32 Å². The molecule has 1 heterocycles.